The van der Waals surface area contributed by atoms with Crippen molar-refractivity contribution in [3.63, 3.8) is 0 Å². The Morgan fingerprint density at radius 2 is 0.667 bits per heavy atom. The van der Waals surface area contributed by atoms with Gasteiger partial charge in [-0.3, -0.25) is 18.2 Å². The molecule has 0 amide bonds. The number of hydrogen-bond donors (Lipinski definition) is 4. The zero-order valence-corrected chi connectivity index (χ0v) is 29.9. The molecule has 4 aromatic carbocycles. The largest absolute Gasteiger partial charge is 0.294 e. The minimum Gasteiger partial charge on any atom is -0.282 e. The van der Waals surface area contributed by atoms with Gasteiger partial charge in [0.05, 0.1) is 19.6 Å². The molecule has 0 aliphatic heterocycles. The molecule has 0 spiro atoms. The minimum atomic E-state index is -4.55. The van der Waals surface area contributed by atoms with Crippen molar-refractivity contribution in [3.05, 3.63) is 97.1 Å². The number of rotatable bonds is 12. The van der Waals surface area contributed by atoms with Crippen LogP contribution < -0.4 is 21.2 Å². The van der Waals surface area contributed by atoms with Gasteiger partial charge < -0.3 is 0 Å². The summed E-state index contributed by atoms with van der Waals surface area (Å²) in [6.45, 7) is 0. The Labute approximate surface area is 281 Å². The lowest BCUT2D eigenvalue weighted by Crippen LogP contribution is -2.35. The minimum absolute atomic E-state index is 0.000551. The number of benzene rings is 4. The van der Waals surface area contributed by atoms with E-state index in [1.807, 2.05) is 0 Å². The third kappa shape index (κ3) is 8.75. The summed E-state index contributed by atoms with van der Waals surface area (Å²) >= 11 is 0. The maximum absolute atomic E-state index is 12.0. The van der Waals surface area contributed by atoms with E-state index >= 15 is 0 Å². The number of hydrogen-bond acceptors (Lipinski definition) is 8. The van der Waals surface area contributed by atoms with Crippen molar-refractivity contribution in [2.24, 2.45) is 11.8 Å². The first kappa shape index (κ1) is 36.7. The van der Waals surface area contributed by atoms with Gasteiger partial charge in [-0.05, 0) is 123 Å². The predicted molar refractivity (Wildman–Crippen MR) is 183 cm³/mol. The lowest BCUT2D eigenvalue weighted by Gasteiger charge is -2.41. The molecular formula is C30H30O12P2S4. The van der Waals surface area contributed by atoms with Gasteiger partial charge in [-0.25, -0.2) is 0 Å². The zero-order valence-electron chi connectivity index (χ0n) is 24.8. The summed E-state index contributed by atoms with van der Waals surface area (Å²) in [4.78, 5) is -1.32. The maximum atomic E-state index is 12.0. The van der Waals surface area contributed by atoms with Crippen molar-refractivity contribution in [2.45, 2.75) is 32.4 Å². The van der Waals surface area contributed by atoms with Crippen molar-refractivity contribution in [1.82, 2.24) is 0 Å². The van der Waals surface area contributed by atoms with Crippen LogP contribution in [0.5, 0.6) is 0 Å². The second-order valence-corrected chi connectivity index (χ2v) is 21.4. The average Bonchev–Trinajstić information content (AvgIpc) is 3.00. The van der Waals surface area contributed by atoms with Crippen LogP contribution in [0, 0.1) is 11.8 Å². The van der Waals surface area contributed by atoms with Crippen LogP contribution in [0.3, 0.4) is 0 Å². The van der Waals surface area contributed by atoms with Gasteiger partial charge in [0.15, 0.2) is 0 Å². The molecule has 18 heteroatoms. The standard InChI is InChI=1S/C30H30O12P2S4/c31-45(32,33)27-9-1-5-23(15-27)43(24-6-2-10-28(16-24)46(34,35)36)19-21-13-14-22(21)20-44(25-7-3-11-29(17-25)47(37,38)39)26-8-4-12-30(18-26)48(40,41)42/h1-12,15-18,21-22H,13-14,19-20H2,(H,31,32,33)(H,34,35,36)(H,37,38,39)(H,40,41,42). The summed E-state index contributed by atoms with van der Waals surface area (Å²) in [5.74, 6) is -0.00110. The van der Waals surface area contributed by atoms with E-state index in [2.05, 4.69) is 0 Å². The second-order valence-electron chi connectivity index (χ2n) is 11.2. The van der Waals surface area contributed by atoms with E-state index in [0.717, 1.165) is 12.8 Å². The lowest BCUT2D eigenvalue weighted by atomic mass is 9.76. The summed E-state index contributed by atoms with van der Waals surface area (Å²) in [7, 11) is -21.1. The van der Waals surface area contributed by atoms with Crippen molar-refractivity contribution < 1.29 is 51.9 Å². The van der Waals surface area contributed by atoms with E-state index in [4.69, 9.17) is 0 Å². The Kier molecular flexibility index (Phi) is 10.7. The van der Waals surface area contributed by atoms with Gasteiger partial charge in [0, 0.05) is 0 Å². The van der Waals surface area contributed by atoms with E-state index in [0.29, 0.717) is 33.5 Å². The average molecular weight is 773 g/mol. The Balaban J connectivity index is 1.54. The molecule has 256 valence electrons. The summed E-state index contributed by atoms with van der Waals surface area (Å²) in [5, 5.41) is 2.17. The third-order valence-electron chi connectivity index (χ3n) is 8.12. The molecule has 12 nitrogen and oxygen atoms in total. The van der Waals surface area contributed by atoms with Gasteiger partial charge in [0.1, 0.15) is 0 Å². The van der Waals surface area contributed by atoms with Crippen LogP contribution in [0.1, 0.15) is 12.8 Å². The van der Waals surface area contributed by atoms with Gasteiger partial charge >= 0.3 is 0 Å². The van der Waals surface area contributed by atoms with Gasteiger partial charge in [0.25, 0.3) is 40.5 Å². The van der Waals surface area contributed by atoms with Gasteiger partial charge in [-0.2, -0.15) is 33.7 Å². The predicted octanol–water partition coefficient (Wildman–Crippen LogP) is 3.27. The Hall–Kier alpha value is -2.62. The summed E-state index contributed by atoms with van der Waals surface area (Å²) in [5.41, 5.74) is 0. The van der Waals surface area contributed by atoms with Crippen LogP contribution in [0.15, 0.2) is 117 Å². The molecule has 0 radical (unpaired) electrons. The van der Waals surface area contributed by atoms with Crippen LogP contribution in [0.2, 0.25) is 0 Å². The highest BCUT2D eigenvalue weighted by Gasteiger charge is 2.36. The molecule has 1 aliphatic carbocycles. The maximum Gasteiger partial charge on any atom is 0.294 e. The third-order valence-corrected chi connectivity index (χ3v) is 16.8. The Bertz CT molecular complexity index is 1980. The highest BCUT2D eigenvalue weighted by atomic mass is 32.2. The van der Waals surface area contributed by atoms with E-state index in [-0.39, 0.29) is 31.4 Å². The molecular weight excluding hydrogens is 743 g/mol. The molecule has 1 saturated carbocycles. The first-order valence-corrected chi connectivity index (χ1v) is 23.0. The molecule has 1 aliphatic rings. The van der Waals surface area contributed by atoms with E-state index in [9.17, 15) is 51.9 Å². The van der Waals surface area contributed by atoms with Crippen molar-refractivity contribution in [2.75, 3.05) is 12.3 Å². The summed E-state index contributed by atoms with van der Waals surface area (Å²) in [6, 6.07) is 22.9. The zero-order chi connectivity index (χ0) is 35.1. The SMILES string of the molecule is O=S(=O)(O)c1cccc(P(CC2CCC2CP(c2cccc(S(=O)(=O)O)c2)c2cccc(S(=O)(=O)O)c2)c2cccc(S(=O)(=O)O)c2)c1. The monoisotopic (exact) mass is 772 g/mol. The topological polar surface area (TPSA) is 217 Å². The normalized spacial score (nSPS) is 17.4. The van der Waals surface area contributed by atoms with Crippen molar-refractivity contribution in [1.29, 1.82) is 0 Å². The van der Waals surface area contributed by atoms with Gasteiger partial charge in [0.2, 0.25) is 0 Å². The molecule has 1 fully saturated rings. The molecule has 0 bridgehead atoms. The molecule has 4 aromatic rings. The van der Waals surface area contributed by atoms with E-state index in [1.54, 1.807) is 24.3 Å². The van der Waals surface area contributed by atoms with Crippen LogP contribution in [-0.2, 0) is 40.5 Å². The molecule has 4 N–H and O–H groups in total. The second kappa shape index (κ2) is 13.9. The molecule has 0 heterocycles. The first-order valence-electron chi connectivity index (χ1n) is 14.2. The van der Waals surface area contributed by atoms with Crippen molar-refractivity contribution >= 4 is 77.5 Å². The summed E-state index contributed by atoms with van der Waals surface area (Å²) < 4.78 is 135. The summed E-state index contributed by atoms with van der Waals surface area (Å²) in [6.07, 6.45) is 2.42. The highest BCUT2D eigenvalue weighted by molar-refractivity contribution is 7.86. The molecule has 48 heavy (non-hydrogen) atoms. The highest BCUT2D eigenvalue weighted by Crippen LogP contribution is 2.50. The molecule has 2 atom stereocenters. The molecule has 0 saturated heterocycles. The lowest BCUT2D eigenvalue weighted by molar-refractivity contribution is 0.228. The van der Waals surface area contributed by atoms with Gasteiger partial charge in [-0.1, -0.05) is 48.5 Å². The van der Waals surface area contributed by atoms with Crippen LogP contribution in [0.4, 0.5) is 0 Å². The fourth-order valence-electron chi connectivity index (χ4n) is 5.56. The van der Waals surface area contributed by atoms with Crippen LogP contribution in [-0.4, -0.2) is 64.2 Å². The fourth-order valence-corrected chi connectivity index (χ4v) is 13.6. The van der Waals surface area contributed by atoms with E-state index < -0.39 is 56.3 Å². The van der Waals surface area contributed by atoms with Crippen LogP contribution >= 0.6 is 15.8 Å². The van der Waals surface area contributed by atoms with E-state index in [1.165, 1.54) is 72.8 Å². The molecule has 5 rings (SSSR count). The van der Waals surface area contributed by atoms with Gasteiger partial charge in [-0.15, -0.1) is 0 Å². The molecule has 0 aromatic heterocycles. The van der Waals surface area contributed by atoms with Crippen LogP contribution in [0.25, 0.3) is 0 Å². The Morgan fingerprint density at radius 3 is 0.854 bits per heavy atom. The fraction of sp³-hybridized carbons (Fsp3) is 0.200. The smallest absolute Gasteiger partial charge is 0.282 e. The quantitative estimate of drug-likeness (QED) is 0.121. The first-order chi connectivity index (χ1) is 22.3. The molecule has 2 unspecified atom stereocenters. The van der Waals surface area contributed by atoms with Crippen molar-refractivity contribution in [3.8, 4) is 0 Å². The Morgan fingerprint density at radius 1 is 0.438 bits per heavy atom.